The highest BCUT2D eigenvalue weighted by atomic mass is 16.2. The molecular formula is C17H35N4O2+. The van der Waals surface area contributed by atoms with Gasteiger partial charge in [0.05, 0.1) is 27.7 Å². The van der Waals surface area contributed by atoms with Gasteiger partial charge in [-0.05, 0) is 39.2 Å². The topological polar surface area (TPSA) is 61.4 Å². The molecule has 23 heavy (non-hydrogen) atoms. The van der Waals surface area contributed by atoms with Crippen molar-refractivity contribution in [3.63, 3.8) is 0 Å². The number of amides is 2. The Labute approximate surface area is 141 Å². The summed E-state index contributed by atoms with van der Waals surface area (Å²) >= 11 is 0. The first-order chi connectivity index (χ1) is 10.6. The summed E-state index contributed by atoms with van der Waals surface area (Å²) in [6.07, 6.45) is 4.57. The van der Waals surface area contributed by atoms with Gasteiger partial charge < -0.3 is 20.0 Å². The molecule has 134 valence electrons. The van der Waals surface area contributed by atoms with E-state index in [4.69, 9.17) is 0 Å². The molecule has 0 saturated carbocycles. The third-order valence-corrected chi connectivity index (χ3v) is 2.76. The quantitative estimate of drug-likeness (QED) is 0.351. The van der Waals surface area contributed by atoms with Gasteiger partial charge in [-0.15, -0.1) is 0 Å². The Kier molecular flexibility index (Phi) is 14.3. The molecule has 0 aliphatic heterocycles. The Hall–Kier alpha value is -1.66. The largest absolute Gasteiger partial charge is 0.353 e. The van der Waals surface area contributed by atoms with Crippen LogP contribution < -0.4 is 10.6 Å². The Bertz CT molecular complexity index is 360. The minimum atomic E-state index is -0.0937. The molecule has 0 aromatic carbocycles. The molecule has 2 amide bonds. The maximum Gasteiger partial charge on any atom is 0.243 e. The maximum atomic E-state index is 10.7. The monoisotopic (exact) mass is 327 g/mol. The number of carbonyl (C=O) groups excluding carboxylic acids is 2. The van der Waals surface area contributed by atoms with Gasteiger partial charge in [-0.3, -0.25) is 9.59 Å². The number of quaternary nitrogens is 1. The summed E-state index contributed by atoms with van der Waals surface area (Å²) in [6.45, 7) is 10.3. The summed E-state index contributed by atoms with van der Waals surface area (Å²) in [5.41, 5.74) is 0. The Morgan fingerprint density at radius 1 is 0.957 bits per heavy atom. The number of nitrogens with one attached hydrogen (secondary N) is 2. The van der Waals surface area contributed by atoms with Gasteiger partial charge in [0, 0.05) is 19.5 Å². The van der Waals surface area contributed by atoms with Crippen molar-refractivity contribution >= 4 is 11.8 Å². The van der Waals surface area contributed by atoms with Crippen LogP contribution in [-0.2, 0) is 9.59 Å². The Morgan fingerprint density at radius 3 is 1.74 bits per heavy atom. The molecule has 0 atom stereocenters. The first-order valence-corrected chi connectivity index (χ1v) is 7.88. The molecule has 0 aliphatic carbocycles. The Morgan fingerprint density at radius 2 is 1.39 bits per heavy atom. The minimum Gasteiger partial charge on any atom is -0.353 e. The lowest BCUT2D eigenvalue weighted by atomic mass is 10.3. The molecule has 0 spiro atoms. The minimum absolute atomic E-state index is 0.0867. The lowest BCUT2D eigenvalue weighted by Gasteiger charge is -2.23. The van der Waals surface area contributed by atoms with Gasteiger partial charge in [0.2, 0.25) is 11.8 Å². The second kappa shape index (κ2) is 14.0. The number of nitrogens with zero attached hydrogens (tertiary/aromatic N) is 2. The molecule has 0 aromatic heterocycles. The molecule has 6 nitrogen and oxygen atoms in total. The van der Waals surface area contributed by atoms with Gasteiger partial charge in [-0.2, -0.15) is 0 Å². The second-order valence-corrected chi connectivity index (χ2v) is 6.51. The molecule has 0 bridgehead atoms. The van der Waals surface area contributed by atoms with E-state index in [-0.39, 0.29) is 11.8 Å². The highest BCUT2D eigenvalue weighted by Gasteiger charge is 2.05. The number of carbonyl (C=O) groups is 2. The van der Waals surface area contributed by atoms with Crippen molar-refractivity contribution in [2.24, 2.45) is 0 Å². The first-order valence-electron chi connectivity index (χ1n) is 7.88. The van der Waals surface area contributed by atoms with Crippen LogP contribution in [-0.4, -0.2) is 82.6 Å². The highest BCUT2D eigenvalue weighted by Crippen LogP contribution is 1.91. The maximum absolute atomic E-state index is 10.7. The fourth-order valence-electron chi connectivity index (χ4n) is 1.52. The van der Waals surface area contributed by atoms with Gasteiger partial charge in [0.1, 0.15) is 0 Å². The number of rotatable bonds is 10. The van der Waals surface area contributed by atoms with E-state index < -0.39 is 0 Å². The predicted molar refractivity (Wildman–Crippen MR) is 97.1 cm³/mol. The van der Waals surface area contributed by atoms with Gasteiger partial charge in [0.15, 0.2) is 0 Å². The van der Waals surface area contributed by atoms with Gasteiger partial charge in [0.25, 0.3) is 0 Å². The first kappa shape index (κ1) is 23.6. The summed E-state index contributed by atoms with van der Waals surface area (Å²) in [4.78, 5) is 23.4. The van der Waals surface area contributed by atoms with E-state index in [0.717, 1.165) is 43.5 Å². The summed E-state index contributed by atoms with van der Waals surface area (Å²) in [5, 5.41) is 5.44. The number of hydrogen-bond donors (Lipinski definition) is 2. The van der Waals surface area contributed by atoms with E-state index in [1.165, 1.54) is 12.2 Å². The molecule has 0 rings (SSSR count). The highest BCUT2D eigenvalue weighted by molar-refractivity contribution is 5.87. The van der Waals surface area contributed by atoms with E-state index in [0.29, 0.717) is 0 Å². The fraction of sp³-hybridized carbons (Fsp3) is 0.647. The normalized spacial score (nSPS) is 10.3. The molecule has 0 aromatic rings. The zero-order valence-electron chi connectivity index (χ0n) is 15.5. The van der Waals surface area contributed by atoms with Crippen molar-refractivity contribution in [2.45, 2.75) is 12.8 Å². The SMILES string of the molecule is C=CC(=O)NCCCN(C)C.C=CC(=O)NCCC[N+](C)(C)C. The van der Waals surface area contributed by atoms with E-state index in [1.807, 2.05) is 14.1 Å². The smallest absolute Gasteiger partial charge is 0.243 e. The molecule has 0 heterocycles. The van der Waals surface area contributed by atoms with Crippen LogP contribution in [0.15, 0.2) is 25.3 Å². The van der Waals surface area contributed by atoms with Gasteiger partial charge in [-0.25, -0.2) is 0 Å². The van der Waals surface area contributed by atoms with Crippen molar-refractivity contribution in [2.75, 3.05) is 61.4 Å². The standard InChI is InChI=1S/C9H18N2O.C8H16N2O/c1-5-9(12)10-7-6-8-11(2,3)4;1-4-8(11)9-6-5-7-10(2)3/h5H,1,6-8H2,2-4H3;4H,1,5-7H2,2-3H3,(H,9,11)/p+1. The molecule has 0 fully saturated rings. The van der Waals surface area contributed by atoms with Crippen LogP contribution >= 0.6 is 0 Å². The molecular weight excluding hydrogens is 292 g/mol. The summed E-state index contributed by atoms with van der Waals surface area (Å²) in [7, 11) is 10.4. The second-order valence-electron chi connectivity index (χ2n) is 6.51. The van der Waals surface area contributed by atoms with Crippen LogP contribution in [0.25, 0.3) is 0 Å². The predicted octanol–water partition coefficient (Wildman–Crippen LogP) is 0.625. The third-order valence-electron chi connectivity index (χ3n) is 2.76. The zero-order chi connectivity index (χ0) is 18.3. The van der Waals surface area contributed by atoms with Crippen LogP contribution in [0.2, 0.25) is 0 Å². The lowest BCUT2D eigenvalue weighted by Crippen LogP contribution is -2.37. The summed E-state index contributed by atoms with van der Waals surface area (Å²) in [5.74, 6) is -0.180. The van der Waals surface area contributed by atoms with Gasteiger partial charge in [-0.1, -0.05) is 13.2 Å². The van der Waals surface area contributed by atoms with Crippen molar-refractivity contribution in [1.29, 1.82) is 0 Å². The molecule has 0 radical (unpaired) electrons. The van der Waals surface area contributed by atoms with Crippen molar-refractivity contribution < 1.29 is 14.1 Å². The van der Waals surface area contributed by atoms with E-state index in [9.17, 15) is 9.59 Å². The summed E-state index contributed by atoms with van der Waals surface area (Å²) in [6, 6.07) is 0. The molecule has 6 heteroatoms. The lowest BCUT2D eigenvalue weighted by molar-refractivity contribution is -0.870. The van der Waals surface area contributed by atoms with Crippen LogP contribution in [0.4, 0.5) is 0 Å². The third kappa shape index (κ3) is 22.8. The molecule has 0 saturated heterocycles. The van der Waals surface area contributed by atoms with Crippen LogP contribution in [0.3, 0.4) is 0 Å². The summed E-state index contributed by atoms with van der Waals surface area (Å²) < 4.78 is 0.934. The van der Waals surface area contributed by atoms with E-state index in [1.54, 1.807) is 0 Å². The number of hydrogen-bond acceptors (Lipinski definition) is 3. The van der Waals surface area contributed by atoms with Crippen LogP contribution in [0, 0.1) is 0 Å². The zero-order valence-corrected chi connectivity index (χ0v) is 15.5. The average Bonchev–Trinajstić information content (AvgIpc) is 2.47. The van der Waals surface area contributed by atoms with Crippen LogP contribution in [0.5, 0.6) is 0 Å². The van der Waals surface area contributed by atoms with Crippen molar-refractivity contribution in [3.8, 4) is 0 Å². The fourth-order valence-corrected chi connectivity index (χ4v) is 1.52. The van der Waals surface area contributed by atoms with E-state index in [2.05, 4.69) is 49.8 Å². The molecule has 0 aliphatic rings. The van der Waals surface area contributed by atoms with Crippen LogP contribution in [0.1, 0.15) is 12.8 Å². The van der Waals surface area contributed by atoms with E-state index >= 15 is 0 Å². The molecule has 0 unspecified atom stereocenters. The van der Waals surface area contributed by atoms with Crippen molar-refractivity contribution in [3.05, 3.63) is 25.3 Å². The molecule has 2 N–H and O–H groups in total. The van der Waals surface area contributed by atoms with Gasteiger partial charge >= 0.3 is 0 Å². The Balaban J connectivity index is 0. The van der Waals surface area contributed by atoms with Crippen molar-refractivity contribution in [1.82, 2.24) is 15.5 Å². The average molecular weight is 327 g/mol.